The molecule has 4 heteroatoms. The summed E-state index contributed by atoms with van der Waals surface area (Å²) in [5.74, 6) is 1.02. The van der Waals surface area contributed by atoms with Crippen molar-refractivity contribution in [1.82, 2.24) is 4.90 Å². The Morgan fingerprint density at radius 3 is 2.50 bits per heavy atom. The van der Waals surface area contributed by atoms with E-state index in [1.54, 1.807) is 0 Å². The molecule has 1 heterocycles. The standard InChI is InChI=1S/C22H27NO3/c24-22(14-8-16-25-20-11-5-2-6-12-20)23(18-21-13-7-15-26-21)17-19-9-3-1-4-10-19/h1-6,9-12,21H,7-8,13-18H2. The minimum Gasteiger partial charge on any atom is -0.494 e. The monoisotopic (exact) mass is 353 g/mol. The highest BCUT2D eigenvalue weighted by atomic mass is 16.5. The summed E-state index contributed by atoms with van der Waals surface area (Å²) >= 11 is 0. The van der Waals surface area contributed by atoms with Crippen LogP contribution in [0.3, 0.4) is 0 Å². The van der Waals surface area contributed by atoms with Crippen LogP contribution in [0.2, 0.25) is 0 Å². The lowest BCUT2D eigenvalue weighted by Gasteiger charge is -2.26. The first-order valence-corrected chi connectivity index (χ1v) is 9.42. The van der Waals surface area contributed by atoms with Gasteiger partial charge in [0.25, 0.3) is 0 Å². The minimum atomic E-state index is 0.168. The molecule has 0 bridgehead atoms. The van der Waals surface area contributed by atoms with Gasteiger partial charge in [-0.25, -0.2) is 0 Å². The highest BCUT2D eigenvalue weighted by molar-refractivity contribution is 5.76. The molecule has 26 heavy (non-hydrogen) atoms. The van der Waals surface area contributed by atoms with Crippen molar-refractivity contribution >= 4 is 5.91 Å². The van der Waals surface area contributed by atoms with Crippen LogP contribution in [0.25, 0.3) is 0 Å². The molecule has 0 N–H and O–H groups in total. The zero-order chi connectivity index (χ0) is 18.0. The summed E-state index contributed by atoms with van der Waals surface area (Å²) in [6, 6.07) is 19.9. The SMILES string of the molecule is O=C(CCCOc1ccccc1)N(Cc1ccccc1)CC1CCCO1. The van der Waals surface area contributed by atoms with Crippen molar-refractivity contribution in [3.8, 4) is 5.75 Å². The van der Waals surface area contributed by atoms with Crippen molar-refractivity contribution < 1.29 is 14.3 Å². The molecule has 1 atom stereocenters. The van der Waals surface area contributed by atoms with Gasteiger partial charge >= 0.3 is 0 Å². The van der Waals surface area contributed by atoms with Gasteiger partial charge in [0.1, 0.15) is 5.75 Å². The Morgan fingerprint density at radius 1 is 1.08 bits per heavy atom. The molecule has 0 aliphatic carbocycles. The number of carbonyl (C=O) groups is 1. The molecule has 1 fully saturated rings. The third-order valence-electron chi connectivity index (χ3n) is 4.56. The van der Waals surface area contributed by atoms with Crippen molar-refractivity contribution in [2.45, 2.75) is 38.3 Å². The third kappa shape index (κ3) is 5.88. The van der Waals surface area contributed by atoms with Gasteiger partial charge in [0, 0.05) is 26.1 Å². The number of nitrogens with zero attached hydrogens (tertiary/aromatic N) is 1. The first-order chi connectivity index (χ1) is 12.8. The van der Waals surface area contributed by atoms with E-state index < -0.39 is 0 Å². The van der Waals surface area contributed by atoms with Crippen LogP contribution in [0, 0.1) is 0 Å². The predicted molar refractivity (Wildman–Crippen MR) is 102 cm³/mol. The van der Waals surface area contributed by atoms with Crippen LogP contribution in [0.15, 0.2) is 60.7 Å². The summed E-state index contributed by atoms with van der Waals surface area (Å²) in [5, 5.41) is 0. The van der Waals surface area contributed by atoms with Crippen LogP contribution < -0.4 is 4.74 Å². The zero-order valence-corrected chi connectivity index (χ0v) is 15.2. The van der Waals surface area contributed by atoms with Gasteiger partial charge in [0.2, 0.25) is 5.91 Å². The summed E-state index contributed by atoms with van der Waals surface area (Å²) < 4.78 is 11.4. The van der Waals surface area contributed by atoms with E-state index in [0.29, 0.717) is 32.5 Å². The lowest BCUT2D eigenvalue weighted by atomic mass is 10.1. The Labute approximate surface area is 155 Å². The van der Waals surface area contributed by atoms with E-state index in [2.05, 4.69) is 12.1 Å². The van der Waals surface area contributed by atoms with E-state index in [1.807, 2.05) is 53.4 Å². The van der Waals surface area contributed by atoms with Crippen LogP contribution in [-0.2, 0) is 16.1 Å². The molecule has 1 aliphatic rings. The second kappa shape index (κ2) is 9.97. The Hall–Kier alpha value is -2.33. The van der Waals surface area contributed by atoms with Gasteiger partial charge in [-0.05, 0) is 37.0 Å². The number of benzene rings is 2. The number of para-hydroxylation sites is 1. The van der Waals surface area contributed by atoms with Gasteiger partial charge in [-0.2, -0.15) is 0 Å². The fourth-order valence-corrected chi connectivity index (χ4v) is 3.18. The topological polar surface area (TPSA) is 38.8 Å². The molecule has 1 unspecified atom stereocenters. The second-order valence-corrected chi connectivity index (χ2v) is 6.66. The molecule has 0 radical (unpaired) electrons. The predicted octanol–water partition coefficient (Wildman–Crippen LogP) is 4.05. The highest BCUT2D eigenvalue weighted by Crippen LogP contribution is 2.16. The lowest BCUT2D eigenvalue weighted by molar-refractivity contribution is -0.133. The first kappa shape index (κ1) is 18.5. The fraction of sp³-hybridized carbons (Fsp3) is 0.409. The number of hydrogen-bond donors (Lipinski definition) is 0. The highest BCUT2D eigenvalue weighted by Gasteiger charge is 2.22. The zero-order valence-electron chi connectivity index (χ0n) is 15.2. The molecule has 0 spiro atoms. The molecule has 3 rings (SSSR count). The Morgan fingerprint density at radius 2 is 1.81 bits per heavy atom. The summed E-state index contributed by atoms with van der Waals surface area (Å²) in [6.45, 7) is 2.67. The van der Waals surface area contributed by atoms with Gasteiger partial charge in [-0.3, -0.25) is 4.79 Å². The number of hydrogen-bond acceptors (Lipinski definition) is 3. The normalized spacial score (nSPS) is 16.4. The van der Waals surface area contributed by atoms with Crippen molar-refractivity contribution in [3.63, 3.8) is 0 Å². The minimum absolute atomic E-state index is 0.168. The van der Waals surface area contributed by atoms with E-state index in [4.69, 9.17) is 9.47 Å². The third-order valence-corrected chi connectivity index (χ3v) is 4.56. The maximum absolute atomic E-state index is 12.8. The summed E-state index contributed by atoms with van der Waals surface area (Å²) in [4.78, 5) is 14.7. The van der Waals surface area contributed by atoms with E-state index >= 15 is 0 Å². The largest absolute Gasteiger partial charge is 0.494 e. The molecular weight excluding hydrogens is 326 g/mol. The van der Waals surface area contributed by atoms with E-state index in [-0.39, 0.29) is 12.0 Å². The molecule has 4 nitrogen and oxygen atoms in total. The fourth-order valence-electron chi connectivity index (χ4n) is 3.18. The lowest BCUT2D eigenvalue weighted by Crippen LogP contribution is -2.37. The van der Waals surface area contributed by atoms with Crippen LogP contribution >= 0.6 is 0 Å². The molecule has 2 aromatic rings. The van der Waals surface area contributed by atoms with Crippen LogP contribution in [0.1, 0.15) is 31.2 Å². The molecule has 1 amide bonds. The van der Waals surface area contributed by atoms with Crippen molar-refractivity contribution in [2.75, 3.05) is 19.8 Å². The van der Waals surface area contributed by atoms with Crippen molar-refractivity contribution in [1.29, 1.82) is 0 Å². The Bertz CT molecular complexity index is 654. The van der Waals surface area contributed by atoms with E-state index in [9.17, 15) is 4.79 Å². The van der Waals surface area contributed by atoms with E-state index in [1.165, 1.54) is 0 Å². The second-order valence-electron chi connectivity index (χ2n) is 6.66. The van der Waals surface area contributed by atoms with Gasteiger partial charge < -0.3 is 14.4 Å². The number of ether oxygens (including phenoxy) is 2. The molecule has 0 aromatic heterocycles. The summed E-state index contributed by atoms with van der Waals surface area (Å²) in [6.07, 6.45) is 3.50. The number of carbonyl (C=O) groups excluding carboxylic acids is 1. The maximum Gasteiger partial charge on any atom is 0.223 e. The van der Waals surface area contributed by atoms with Gasteiger partial charge in [0.15, 0.2) is 0 Å². The van der Waals surface area contributed by atoms with Crippen molar-refractivity contribution in [2.24, 2.45) is 0 Å². The number of rotatable bonds is 9. The molecule has 1 saturated heterocycles. The van der Waals surface area contributed by atoms with Gasteiger partial charge in [0.05, 0.1) is 12.7 Å². The molecule has 2 aromatic carbocycles. The Balaban J connectivity index is 1.50. The van der Waals surface area contributed by atoms with Crippen LogP contribution in [-0.4, -0.2) is 36.7 Å². The molecule has 1 aliphatic heterocycles. The smallest absolute Gasteiger partial charge is 0.223 e. The number of amides is 1. The molecule has 0 saturated carbocycles. The molecular formula is C22H27NO3. The average molecular weight is 353 g/mol. The van der Waals surface area contributed by atoms with Crippen LogP contribution in [0.5, 0.6) is 5.75 Å². The maximum atomic E-state index is 12.8. The summed E-state index contributed by atoms with van der Waals surface area (Å²) in [7, 11) is 0. The van der Waals surface area contributed by atoms with Gasteiger partial charge in [-0.1, -0.05) is 48.5 Å². The average Bonchev–Trinajstić information content (AvgIpc) is 3.19. The van der Waals surface area contributed by atoms with Crippen molar-refractivity contribution in [3.05, 3.63) is 66.2 Å². The first-order valence-electron chi connectivity index (χ1n) is 9.42. The van der Waals surface area contributed by atoms with E-state index in [0.717, 1.165) is 30.8 Å². The quantitative estimate of drug-likeness (QED) is 0.638. The van der Waals surface area contributed by atoms with Crippen LogP contribution in [0.4, 0.5) is 0 Å². The summed E-state index contributed by atoms with van der Waals surface area (Å²) in [5.41, 5.74) is 1.15. The molecule has 138 valence electrons. The van der Waals surface area contributed by atoms with Gasteiger partial charge in [-0.15, -0.1) is 0 Å². The Kier molecular flexibility index (Phi) is 7.08.